The number of hydrogen-bond acceptors (Lipinski definition) is 3. The maximum absolute atomic E-state index is 11.2. The standard InChI is InChI=1S/C12H14O3/c1-15-12(14)10-6-9(7-10)8-2-4-11(13)5-3-8/h2-5,9-10,13H,6-7H2,1H3. The number of aromatic hydroxyl groups is 1. The number of methoxy groups -OCH3 is 1. The molecule has 15 heavy (non-hydrogen) atoms. The van der Waals surface area contributed by atoms with E-state index < -0.39 is 0 Å². The Bertz CT molecular complexity index is 350. The normalized spacial score (nSPS) is 24.3. The zero-order chi connectivity index (χ0) is 10.8. The highest BCUT2D eigenvalue weighted by Crippen LogP contribution is 2.42. The highest BCUT2D eigenvalue weighted by molar-refractivity contribution is 5.73. The molecule has 0 bridgehead atoms. The van der Waals surface area contributed by atoms with Gasteiger partial charge in [0.15, 0.2) is 0 Å². The van der Waals surface area contributed by atoms with Crippen molar-refractivity contribution in [2.24, 2.45) is 5.92 Å². The summed E-state index contributed by atoms with van der Waals surface area (Å²) in [4.78, 5) is 11.2. The predicted molar refractivity (Wildman–Crippen MR) is 55.6 cm³/mol. The molecule has 80 valence electrons. The first kappa shape index (κ1) is 10.0. The molecule has 0 saturated heterocycles. The molecule has 0 aromatic heterocycles. The van der Waals surface area contributed by atoms with Crippen molar-refractivity contribution < 1.29 is 14.6 Å². The molecule has 3 nitrogen and oxygen atoms in total. The Hall–Kier alpha value is -1.51. The van der Waals surface area contributed by atoms with Crippen LogP contribution in [0.15, 0.2) is 24.3 Å². The van der Waals surface area contributed by atoms with E-state index in [0.717, 1.165) is 12.8 Å². The molecule has 1 saturated carbocycles. The number of phenolic OH excluding ortho intramolecular Hbond substituents is 1. The van der Waals surface area contributed by atoms with E-state index in [0.29, 0.717) is 5.92 Å². The number of phenols is 1. The largest absolute Gasteiger partial charge is 0.508 e. The monoisotopic (exact) mass is 206 g/mol. The van der Waals surface area contributed by atoms with Gasteiger partial charge in [-0.25, -0.2) is 0 Å². The Morgan fingerprint density at radius 3 is 2.47 bits per heavy atom. The summed E-state index contributed by atoms with van der Waals surface area (Å²) < 4.78 is 4.68. The van der Waals surface area contributed by atoms with Crippen LogP contribution >= 0.6 is 0 Å². The van der Waals surface area contributed by atoms with Crippen LogP contribution in [0, 0.1) is 5.92 Å². The SMILES string of the molecule is COC(=O)C1CC(c2ccc(O)cc2)C1. The smallest absolute Gasteiger partial charge is 0.308 e. The highest BCUT2D eigenvalue weighted by Gasteiger charge is 2.35. The second kappa shape index (κ2) is 3.93. The topological polar surface area (TPSA) is 46.5 Å². The summed E-state index contributed by atoms with van der Waals surface area (Å²) in [7, 11) is 1.43. The quantitative estimate of drug-likeness (QED) is 0.753. The van der Waals surface area contributed by atoms with E-state index in [1.165, 1.54) is 12.7 Å². The van der Waals surface area contributed by atoms with E-state index in [-0.39, 0.29) is 17.6 Å². The predicted octanol–water partition coefficient (Wildman–Crippen LogP) is 2.06. The molecule has 0 amide bonds. The minimum absolute atomic E-state index is 0.0637. The van der Waals surface area contributed by atoms with Gasteiger partial charge < -0.3 is 9.84 Å². The Morgan fingerprint density at radius 2 is 1.93 bits per heavy atom. The van der Waals surface area contributed by atoms with E-state index in [1.54, 1.807) is 12.1 Å². The first-order chi connectivity index (χ1) is 7.20. The van der Waals surface area contributed by atoms with Crippen LogP contribution in [0.1, 0.15) is 24.3 Å². The van der Waals surface area contributed by atoms with Crippen LogP contribution in [0.2, 0.25) is 0 Å². The number of esters is 1. The van der Waals surface area contributed by atoms with Gasteiger partial charge in [0.1, 0.15) is 5.75 Å². The molecule has 0 radical (unpaired) electrons. The summed E-state index contributed by atoms with van der Waals surface area (Å²) in [5.74, 6) is 0.677. The van der Waals surface area contributed by atoms with Gasteiger partial charge in [-0.15, -0.1) is 0 Å². The molecule has 1 aromatic rings. The first-order valence-corrected chi connectivity index (χ1v) is 5.07. The molecule has 1 aromatic carbocycles. The van der Waals surface area contributed by atoms with E-state index in [4.69, 9.17) is 5.11 Å². The summed E-state index contributed by atoms with van der Waals surface area (Å²) in [5, 5.41) is 9.13. The van der Waals surface area contributed by atoms with Crippen molar-refractivity contribution in [3.05, 3.63) is 29.8 Å². The van der Waals surface area contributed by atoms with Gasteiger partial charge in [-0.05, 0) is 36.5 Å². The van der Waals surface area contributed by atoms with E-state index in [2.05, 4.69) is 4.74 Å². The fourth-order valence-corrected chi connectivity index (χ4v) is 2.00. The number of ether oxygens (including phenoxy) is 1. The Labute approximate surface area is 88.7 Å². The van der Waals surface area contributed by atoms with Crippen LogP contribution in [0.4, 0.5) is 0 Å². The number of hydrogen-bond donors (Lipinski definition) is 1. The lowest BCUT2D eigenvalue weighted by Crippen LogP contribution is -2.29. The minimum Gasteiger partial charge on any atom is -0.508 e. The fourth-order valence-electron chi connectivity index (χ4n) is 2.00. The zero-order valence-electron chi connectivity index (χ0n) is 8.64. The lowest BCUT2D eigenvalue weighted by atomic mass is 9.71. The summed E-state index contributed by atoms with van der Waals surface area (Å²) in [6.45, 7) is 0. The Balaban J connectivity index is 1.94. The second-order valence-electron chi connectivity index (χ2n) is 3.98. The summed E-state index contributed by atoms with van der Waals surface area (Å²) in [5.41, 5.74) is 1.19. The lowest BCUT2D eigenvalue weighted by Gasteiger charge is -2.33. The van der Waals surface area contributed by atoms with Crippen LogP contribution in [0.3, 0.4) is 0 Å². The van der Waals surface area contributed by atoms with Crippen LogP contribution in [-0.2, 0) is 9.53 Å². The van der Waals surface area contributed by atoms with Crippen molar-refractivity contribution in [2.45, 2.75) is 18.8 Å². The average Bonchev–Trinajstić information content (AvgIpc) is 2.18. The second-order valence-corrected chi connectivity index (χ2v) is 3.98. The molecule has 1 N–H and O–H groups in total. The molecule has 3 heteroatoms. The van der Waals surface area contributed by atoms with Gasteiger partial charge in [-0.2, -0.15) is 0 Å². The molecule has 1 fully saturated rings. The summed E-state index contributed by atoms with van der Waals surface area (Å²) in [6, 6.07) is 7.18. The first-order valence-electron chi connectivity index (χ1n) is 5.07. The van der Waals surface area contributed by atoms with Gasteiger partial charge in [-0.3, -0.25) is 4.79 Å². The maximum Gasteiger partial charge on any atom is 0.308 e. The third-order valence-electron chi connectivity index (χ3n) is 3.04. The molecule has 1 aliphatic carbocycles. The van der Waals surface area contributed by atoms with Crippen molar-refractivity contribution in [2.75, 3.05) is 7.11 Å². The Kier molecular flexibility index (Phi) is 2.62. The molecule has 2 rings (SSSR count). The molecule has 0 unspecified atom stereocenters. The molecule has 0 heterocycles. The van der Waals surface area contributed by atoms with Crippen LogP contribution in [0.5, 0.6) is 5.75 Å². The number of rotatable bonds is 2. The van der Waals surface area contributed by atoms with Gasteiger partial charge in [0, 0.05) is 0 Å². The van der Waals surface area contributed by atoms with Crippen molar-refractivity contribution in [3.8, 4) is 5.75 Å². The van der Waals surface area contributed by atoms with Crippen molar-refractivity contribution in [1.29, 1.82) is 0 Å². The van der Waals surface area contributed by atoms with Gasteiger partial charge in [-0.1, -0.05) is 12.1 Å². The molecule has 0 atom stereocenters. The van der Waals surface area contributed by atoms with Gasteiger partial charge >= 0.3 is 5.97 Å². The lowest BCUT2D eigenvalue weighted by molar-refractivity contribution is -0.148. The van der Waals surface area contributed by atoms with Crippen LogP contribution < -0.4 is 0 Å². The maximum atomic E-state index is 11.2. The van der Waals surface area contributed by atoms with E-state index >= 15 is 0 Å². The van der Waals surface area contributed by atoms with Crippen molar-refractivity contribution in [3.63, 3.8) is 0 Å². The molecular formula is C12H14O3. The van der Waals surface area contributed by atoms with Crippen LogP contribution in [-0.4, -0.2) is 18.2 Å². The zero-order valence-corrected chi connectivity index (χ0v) is 8.64. The molecular weight excluding hydrogens is 192 g/mol. The molecule has 0 aliphatic heterocycles. The molecule has 0 spiro atoms. The highest BCUT2D eigenvalue weighted by atomic mass is 16.5. The number of benzene rings is 1. The number of carbonyl (C=O) groups is 1. The summed E-state index contributed by atoms with van der Waals surface area (Å²) >= 11 is 0. The van der Waals surface area contributed by atoms with Crippen molar-refractivity contribution in [1.82, 2.24) is 0 Å². The Morgan fingerprint density at radius 1 is 1.33 bits per heavy atom. The summed E-state index contributed by atoms with van der Waals surface area (Å²) in [6.07, 6.45) is 1.72. The van der Waals surface area contributed by atoms with Gasteiger partial charge in [0.05, 0.1) is 13.0 Å². The van der Waals surface area contributed by atoms with E-state index in [9.17, 15) is 4.79 Å². The fraction of sp³-hybridized carbons (Fsp3) is 0.417. The van der Waals surface area contributed by atoms with Gasteiger partial charge in [0.25, 0.3) is 0 Å². The van der Waals surface area contributed by atoms with Crippen molar-refractivity contribution >= 4 is 5.97 Å². The third kappa shape index (κ3) is 1.96. The van der Waals surface area contributed by atoms with Gasteiger partial charge in [0.2, 0.25) is 0 Å². The number of carbonyl (C=O) groups excluding carboxylic acids is 1. The van der Waals surface area contributed by atoms with Crippen LogP contribution in [0.25, 0.3) is 0 Å². The van der Waals surface area contributed by atoms with E-state index in [1.807, 2.05) is 12.1 Å². The third-order valence-corrected chi connectivity index (χ3v) is 3.04. The average molecular weight is 206 g/mol. The molecule has 1 aliphatic rings. The minimum atomic E-state index is -0.106.